The van der Waals surface area contributed by atoms with E-state index in [9.17, 15) is 4.79 Å². The fourth-order valence-electron chi connectivity index (χ4n) is 1.41. The zero-order valence-electron chi connectivity index (χ0n) is 8.05. The predicted octanol–water partition coefficient (Wildman–Crippen LogP) is 0.938. The molecule has 0 aromatic carbocycles. The molecule has 1 aliphatic heterocycles. The maximum atomic E-state index is 11.5. The van der Waals surface area contributed by atoms with Crippen molar-refractivity contribution in [2.75, 3.05) is 19.7 Å². The van der Waals surface area contributed by atoms with Crippen LogP contribution < -0.4 is 5.32 Å². The summed E-state index contributed by atoms with van der Waals surface area (Å²) in [6.45, 7) is 5.95. The third-order valence-electron chi connectivity index (χ3n) is 2.21. The molecule has 1 saturated heterocycles. The Balaban J connectivity index is 2.13. The van der Waals surface area contributed by atoms with Gasteiger partial charge < -0.3 is 10.1 Å². The number of unbranched alkanes of at least 4 members (excludes halogenated alkanes) is 2. The average molecular weight is 184 g/mol. The molecule has 1 fully saturated rings. The molecule has 3 nitrogen and oxygen atoms in total. The number of Topliss-reactive ketones (excluding diaryl/α,β-unsaturated/α-hetero) is 1. The van der Waals surface area contributed by atoms with E-state index >= 15 is 0 Å². The summed E-state index contributed by atoms with van der Waals surface area (Å²) in [5, 5.41) is 3.15. The van der Waals surface area contributed by atoms with Gasteiger partial charge in [-0.15, -0.1) is 0 Å². The molecular formula is C10H18NO2. The van der Waals surface area contributed by atoms with E-state index in [4.69, 9.17) is 4.74 Å². The van der Waals surface area contributed by atoms with Gasteiger partial charge >= 0.3 is 0 Å². The SMILES string of the molecule is [CH2]CCCCC(=O)C1CNCCO1. The molecule has 1 radical (unpaired) electrons. The second-order valence-corrected chi connectivity index (χ2v) is 3.34. The van der Waals surface area contributed by atoms with Gasteiger partial charge in [0.15, 0.2) is 5.78 Å². The summed E-state index contributed by atoms with van der Waals surface area (Å²) in [4.78, 5) is 11.5. The Morgan fingerprint density at radius 1 is 1.54 bits per heavy atom. The number of carbonyl (C=O) groups excluding carboxylic acids is 1. The first-order valence-corrected chi connectivity index (χ1v) is 4.99. The molecule has 0 amide bonds. The molecule has 3 heteroatoms. The Hall–Kier alpha value is -0.410. The maximum absolute atomic E-state index is 11.5. The fourth-order valence-corrected chi connectivity index (χ4v) is 1.41. The van der Waals surface area contributed by atoms with Crippen molar-refractivity contribution >= 4 is 5.78 Å². The summed E-state index contributed by atoms with van der Waals surface area (Å²) < 4.78 is 5.34. The van der Waals surface area contributed by atoms with Crippen LogP contribution in [-0.4, -0.2) is 31.6 Å². The highest BCUT2D eigenvalue weighted by atomic mass is 16.5. The number of ketones is 1. The molecular weight excluding hydrogens is 166 g/mol. The Kier molecular flexibility index (Phi) is 5.01. The van der Waals surface area contributed by atoms with Gasteiger partial charge in [-0.25, -0.2) is 0 Å². The van der Waals surface area contributed by atoms with E-state index in [1.54, 1.807) is 0 Å². The normalized spacial score (nSPS) is 23.0. The summed E-state index contributed by atoms with van der Waals surface area (Å²) in [7, 11) is 0. The van der Waals surface area contributed by atoms with Crippen molar-refractivity contribution in [2.45, 2.75) is 31.8 Å². The number of morpholine rings is 1. The van der Waals surface area contributed by atoms with Gasteiger partial charge in [-0.05, 0) is 6.42 Å². The van der Waals surface area contributed by atoms with E-state index in [2.05, 4.69) is 12.2 Å². The second kappa shape index (κ2) is 6.11. The smallest absolute Gasteiger partial charge is 0.162 e. The molecule has 75 valence electrons. The van der Waals surface area contributed by atoms with Gasteiger partial charge in [0.05, 0.1) is 6.61 Å². The number of hydrogen-bond donors (Lipinski definition) is 1. The summed E-state index contributed by atoms with van der Waals surface area (Å²) in [6, 6.07) is 0. The van der Waals surface area contributed by atoms with Crippen LogP contribution in [0.3, 0.4) is 0 Å². The van der Waals surface area contributed by atoms with Crippen LogP contribution in [0, 0.1) is 6.92 Å². The highest BCUT2D eigenvalue weighted by Gasteiger charge is 2.20. The van der Waals surface area contributed by atoms with Crippen LogP contribution in [-0.2, 0) is 9.53 Å². The molecule has 1 N–H and O–H groups in total. The monoisotopic (exact) mass is 184 g/mol. The minimum absolute atomic E-state index is 0.196. The minimum atomic E-state index is -0.196. The lowest BCUT2D eigenvalue weighted by atomic mass is 10.1. The van der Waals surface area contributed by atoms with Crippen molar-refractivity contribution in [1.29, 1.82) is 0 Å². The molecule has 1 aliphatic rings. The van der Waals surface area contributed by atoms with E-state index in [-0.39, 0.29) is 11.9 Å². The van der Waals surface area contributed by atoms with Crippen molar-refractivity contribution in [3.63, 3.8) is 0 Å². The van der Waals surface area contributed by atoms with Crippen LogP contribution in [0.5, 0.6) is 0 Å². The molecule has 0 aromatic heterocycles. The predicted molar refractivity (Wildman–Crippen MR) is 51.4 cm³/mol. The van der Waals surface area contributed by atoms with Crippen LogP contribution in [0.15, 0.2) is 0 Å². The number of nitrogens with one attached hydrogen (secondary N) is 1. The van der Waals surface area contributed by atoms with Gasteiger partial charge in [0.1, 0.15) is 6.10 Å². The van der Waals surface area contributed by atoms with Gasteiger partial charge in [-0.1, -0.05) is 19.8 Å². The second-order valence-electron chi connectivity index (χ2n) is 3.34. The lowest BCUT2D eigenvalue weighted by molar-refractivity contribution is -0.132. The quantitative estimate of drug-likeness (QED) is 0.646. The highest BCUT2D eigenvalue weighted by molar-refractivity contribution is 5.83. The lowest BCUT2D eigenvalue weighted by Gasteiger charge is -2.22. The van der Waals surface area contributed by atoms with Crippen LogP contribution in [0.4, 0.5) is 0 Å². The van der Waals surface area contributed by atoms with E-state index in [0.717, 1.165) is 25.8 Å². The molecule has 0 aliphatic carbocycles. The van der Waals surface area contributed by atoms with Crippen molar-refractivity contribution in [3.8, 4) is 0 Å². The molecule has 0 spiro atoms. The molecule has 0 aromatic rings. The van der Waals surface area contributed by atoms with E-state index in [1.165, 1.54) is 0 Å². The fraction of sp³-hybridized carbons (Fsp3) is 0.800. The summed E-state index contributed by atoms with van der Waals surface area (Å²) in [5.74, 6) is 0.237. The Bertz CT molecular complexity index is 153. The maximum Gasteiger partial charge on any atom is 0.162 e. The molecule has 0 saturated carbocycles. The van der Waals surface area contributed by atoms with Crippen LogP contribution >= 0.6 is 0 Å². The van der Waals surface area contributed by atoms with Crippen LogP contribution in [0.1, 0.15) is 25.7 Å². The number of ether oxygens (including phenoxy) is 1. The number of rotatable bonds is 5. The van der Waals surface area contributed by atoms with Crippen molar-refractivity contribution in [2.24, 2.45) is 0 Å². The third-order valence-corrected chi connectivity index (χ3v) is 2.21. The van der Waals surface area contributed by atoms with Crippen LogP contribution in [0.25, 0.3) is 0 Å². The molecule has 1 atom stereocenters. The first-order chi connectivity index (χ1) is 6.34. The van der Waals surface area contributed by atoms with Gasteiger partial charge in [0.25, 0.3) is 0 Å². The van der Waals surface area contributed by atoms with Crippen LogP contribution in [0.2, 0.25) is 0 Å². The van der Waals surface area contributed by atoms with Gasteiger partial charge in [-0.3, -0.25) is 4.79 Å². The molecule has 0 bridgehead atoms. The van der Waals surface area contributed by atoms with E-state index in [1.807, 2.05) is 0 Å². The topological polar surface area (TPSA) is 38.3 Å². The zero-order chi connectivity index (χ0) is 9.52. The Morgan fingerprint density at radius 3 is 3.00 bits per heavy atom. The van der Waals surface area contributed by atoms with E-state index in [0.29, 0.717) is 19.6 Å². The van der Waals surface area contributed by atoms with Gasteiger partial charge in [-0.2, -0.15) is 0 Å². The zero-order valence-corrected chi connectivity index (χ0v) is 8.05. The van der Waals surface area contributed by atoms with Gasteiger partial charge in [0, 0.05) is 19.5 Å². The molecule has 13 heavy (non-hydrogen) atoms. The molecule has 1 rings (SSSR count). The van der Waals surface area contributed by atoms with Crippen molar-refractivity contribution in [3.05, 3.63) is 6.92 Å². The first kappa shape index (κ1) is 10.7. The average Bonchev–Trinajstić information content (AvgIpc) is 2.19. The summed E-state index contributed by atoms with van der Waals surface area (Å²) >= 11 is 0. The minimum Gasteiger partial charge on any atom is -0.368 e. The first-order valence-electron chi connectivity index (χ1n) is 4.99. The third kappa shape index (κ3) is 3.87. The number of hydrogen-bond acceptors (Lipinski definition) is 3. The molecule has 1 unspecified atom stereocenters. The Labute approximate surface area is 79.8 Å². The van der Waals surface area contributed by atoms with Gasteiger partial charge in [0.2, 0.25) is 0 Å². The van der Waals surface area contributed by atoms with Crippen molar-refractivity contribution in [1.82, 2.24) is 5.32 Å². The lowest BCUT2D eigenvalue weighted by Crippen LogP contribution is -2.43. The highest BCUT2D eigenvalue weighted by Crippen LogP contribution is 2.05. The number of carbonyl (C=O) groups is 1. The summed E-state index contributed by atoms with van der Waals surface area (Å²) in [6.07, 6.45) is 3.34. The summed E-state index contributed by atoms with van der Waals surface area (Å²) in [5.41, 5.74) is 0. The standard InChI is InChI=1S/C10H18NO2/c1-2-3-4-5-9(12)10-8-11-6-7-13-10/h10-11H,1-8H2. The molecule has 1 heterocycles. The largest absolute Gasteiger partial charge is 0.368 e. The van der Waals surface area contributed by atoms with E-state index < -0.39 is 0 Å². The Morgan fingerprint density at radius 2 is 2.38 bits per heavy atom. The van der Waals surface area contributed by atoms with Crippen molar-refractivity contribution < 1.29 is 9.53 Å².